The van der Waals surface area contributed by atoms with Crippen molar-refractivity contribution >= 4 is 11.6 Å². The van der Waals surface area contributed by atoms with Crippen LogP contribution in [0.5, 0.6) is 0 Å². The first kappa shape index (κ1) is 13.6. The molecule has 0 aromatic heterocycles. The molecule has 0 heterocycles. The third-order valence-corrected chi connectivity index (χ3v) is 4.99. The van der Waals surface area contributed by atoms with Crippen LogP contribution in [0.15, 0.2) is 66.7 Å². The second-order valence-electron chi connectivity index (χ2n) is 5.88. The molecular weight excluding hydrogens is 288 g/mol. The molecule has 0 N–H and O–H groups in total. The largest absolute Gasteiger partial charge is 0.0837 e. The molecule has 1 heteroatoms. The maximum Gasteiger partial charge on any atom is 0.0479 e. The molecule has 1 aliphatic carbocycles. The third-order valence-electron chi connectivity index (χ3n) is 4.52. The van der Waals surface area contributed by atoms with Crippen LogP contribution in [0, 0.1) is 0 Å². The Hall–Kier alpha value is -2.05. The molecule has 0 radical (unpaired) electrons. The van der Waals surface area contributed by atoms with E-state index in [0.717, 1.165) is 24.3 Å². The Kier molecular flexibility index (Phi) is 3.48. The minimum absolute atomic E-state index is 0.962. The summed E-state index contributed by atoms with van der Waals surface area (Å²) in [7, 11) is 0. The van der Waals surface area contributed by atoms with Crippen molar-refractivity contribution in [3.8, 4) is 11.1 Å². The molecule has 0 atom stereocenters. The van der Waals surface area contributed by atoms with Crippen LogP contribution in [0.3, 0.4) is 0 Å². The van der Waals surface area contributed by atoms with E-state index in [0.29, 0.717) is 0 Å². The molecule has 0 amide bonds. The lowest BCUT2D eigenvalue weighted by molar-refractivity contribution is 0.957. The van der Waals surface area contributed by atoms with Gasteiger partial charge >= 0.3 is 0 Å². The van der Waals surface area contributed by atoms with Crippen molar-refractivity contribution in [2.45, 2.75) is 19.3 Å². The lowest BCUT2D eigenvalue weighted by atomic mass is 9.99. The summed E-state index contributed by atoms with van der Waals surface area (Å²) in [6.07, 6.45) is 2.99. The summed E-state index contributed by atoms with van der Waals surface area (Å²) in [6, 6.07) is 23.7. The summed E-state index contributed by atoms with van der Waals surface area (Å²) in [5, 5.41) is 0.963. The number of halogens is 1. The van der Waals surface area contributed by atoms with Gasteiger partial charge in [0.25, 0.3) is 0 Å². The maximum atomic E-state index is 6.71. The van der Waals surface area contributed by atoms with Crippen molar-refractivity contribution in [3.63, 3.8) is 0 Å². The van der Waals surface area contributed by atoms with Crippen molar-refractivity contribution in [1.82, 2.24) is 0 Å². The van der Waals surface area contributed by atoms with Gasteiger partial charge in [0, 0.05) is 11.4 Å². The van der Waals surface area contributed by atoms with Gasteiger partial charge in [-0.1, -0.05) is 78.3 Å². The number of hydrogen-bond acceptors (Lipinski definition) is 0. The Morgan fingerprint density at radius 2 is 1.50 bits per heavy atom. The minimum Gasteiger partial charge on any atom is -0.0837 e. The number of benzene rings is 3. The van der Waals surface area contributed by atoms with Crippen LogP contribution in [0.1, 0.15) is 22.3 Å². The topological polar surface area (TPSA) is 0 Å². The summed E-state index contributed by atoms with van der Waals surface area (Å²) in [5.41, 5.74) is 7.96. The van der Waals surface area contributed by atoms with Gasteiger partial charge in [-0.3, -0.25) is 0 Å². The first-order chi connectivity index (χ1) is 10.8. The van der Waals surface area contributed by atoms with Gasteiger partial charge in [0.1, 0.15) is 0 Å². The van der Waals surface area contributed by atoms with Crippen LogP contribution in [0.25, 0.3) is 11.1 Å². The normalized spacial score (nSPS) is 12.0. The fraction of sp³-hybridized carbons (Fsp3) is 0.143. The molecule has 3 aromatic rings. The molecule has 0 nitrogen and oxygen atoms in total. The molecule has 108 valence electrons. The highest BCUT2D eigenvalue weighted by molar-refractivity contribution is 6.32. The standard InChI is InChI=1S/C21H17Cl/c22-21-16(11-10-15-6-2-1-3-7-15)12-13-19-18-9-5-4-8-17(18)14-20(19)21/h1-9,12-13H,10-11,14H2. The van der Waals surface area contributed by atoms with Gasteiger partial charge in [-0.05, 0) is 46.2 Å². The first-order valence-corrected chi connectivity index (χ1v) is 8.13. The molecule has 4 rings (SSSR count). The lowest BCUT2D eigenvalue weighted by Crippen LogP contribution is -1.95. The Balaban J connectivity index is 1.63. The molecule has 0 aliphatic heterocycles. The molecular formula is C21H17Cl. The van der Waals surface area contributed by atoms with Crippen LogP contribution < -0.4 is 0 Å². The quantitative estimate of drug-likeness (QED) is 0.455. The van der Waals surface area contributed by atoms with Gasteiger partial charge in [0.05, 0.1) is 0 Å². The smallest absolute Gasteiger partial charge is 0.0479 e. The predicted molar refractivity (Wildman–Crippen MR) is 93.5 cm³/mol. The van der Waals surface area contributed by atoms with Gasteiger partial charge in [0.15, 0.2) is 0 Å². The monoisotopic (exact) mass is 304 g/mol. The first-order valence-electron chi connectivity index (χ1n) is 7.75. The zero-order valence-corrected chi connectivity index (χ0v) is 13.1. The average Bonchev–Trinajstić information content (AvgIpc) is 2.95. The molecule has 0 saturated heterocycles. The van der Waals surface area contributed by atoms with E-state index >= 15 is 0 Å². The summed E-state index contributed by atoms with van der Waals surface area (Å²) in [6.45, 7) is 0. The van der Waals surface area contributed by atoms with E-state index in [2.05, 4.69) is 66.7 Å². The van der Waals surface area contributed by atoms with E-state index in [1.54, 1.807) is 0 Å². The van der Waals surface area contributed by atoms with Crippen molar-refractivity contribution in [2.24, 2.45) is 0 Å². The van der Waals surface area contributed by atoms with Gasteiger partial charge in [-0.15, -0.1) is 0 Å². The Morgan fingerprint density at radius 1 is 0.727 bits per heavy atom. The summed E-state index contributed by atoms with van der Waals surface area (Å²) in [4.78, 5) is 0. The molecule has 0 bridgehead atoms. The van der Waals surface area contributed by atoms with Crippen LogP contribution in [0.2, 0.25) is 5.02 Å². The molecule has 3 aromatic carbocycles. The number of hydrogen-bond donors (Lipinski definition) is 0. The average molecular weight is 305 g/mol. The number of rotatable bonds is 3. The molecule has 1 aliphatic rings. The Labute approximate surface area is 136 Å². The maximum absolute atomic E-state index is 6.71. The van der Waals surface area contributed by atoms with Crippen LogP contribution in [0.4, 0.5) is 0 Å². The number of aryl methyl sites for hydroxylation is 2. The number of fused-ring (bicyclic) bond motifs is 3. The van der Waals surface area contributed by atoms with E-state index in [1.807, 2.05) is 0 Å². The lowest BCUT2D eigenvalue weighted by Gasteiger charge is -2.09. The molecule has 0 fully saturated rings. The van der Waals surface area contributed by atoms with Crippen molar-refractivity contribution < 1.29 is 0 Å². The van der Waals surface area contributed by atoms with Crippen molar-refractivity contribution in [1.29, 1.82) is 0 Å². The summed E-state index contributed by atoms with van der Waals surface area (Å²) in [5.74, 6) is 0. The van der Waals surface area contributed by atoms with Gasteiger partial charge < -0.3 is 0 Å². The Morgan fingerprint density at radius 3 is 2.36 bits per heavy atom. The fourth-order valence-electron chi connectivity index (χ4n) is 3.34. The Bertz CT molecular complexity index is 819. The van der Waals surface area contributed by atoms with E-state index in [4.69, 9.17) is 11.6 Å². The van der Waals surface area contributed by atoms with Crippen LogP contribution >= 0.6 is 11.6 Å². The van der Waals surface area contributed by atoms with Gasteiger partial charge in [-0.25, -0.2) is 0 Å². The van der Waals surface area contributed by atoms with Crippen molar-refractivity contribution in [3.05, 3.63) is 94.0 Å². The SMILES string of the molecule is Clc1c(CCc2ccccc2)ccc2c1Cc1ccccc1-2. The highest BCUT2D eigenvalue weighted by atomic mass is 35.5. The van der Waals surface area contributed by atoms with Gasteiger partial charge in [0.2, 0.25) is 0 Å². The predicted octanol–water partition coefficient (Wildman–Crippen LogP) is 5.70. The van der Waals surface area contributed by atoms with E-state index in [9.17, 15) is 0 Å². The highest BCUT2D eigenvalue weighted by Crippen LogP contribution is 2.41. The zero-order chi connectivity index (χ0) is 14.9. The third kappa shape index (κ3) is 2.34. The zero-order valence-electron chi connectivity index (χ0n) is 12.4. The molecule has 0 unspecified atom stereocenters. The second kappa shape index (κ2) is 5.62. The van der Waals surface area contributed by atoms with Crippen LogP contribution in [-0.2, 0) is 19.3 Å². The molecule has 0 spiro atoms. The minimum atomic E-state index is 0.962. The molecule has 22 heavy (non-hydrogen) atoms. The van der Waals surface area contributed by atoms with E-state index in [-0.39, 0.29) is 0 Å². The summed E-state index contributed by atoms with van der Waals surface area (Å²) >= 11 is 6.71. The van der Waals surface area contributed by atoms with E-state index in [1.165, 1.54) is 33.4 Å². The molecule has 0 saturated carbocycles. The van der Waals surface area contributed by atoms with E-state index < -0.39 is 0 Å². The highest BCUT2D eigenvalue weighted by Gasteiger charge is 2.21. The van der Waals surface area contributed by atoms with Gasteiger partial charge in [-0.2, -0.15) is 0 Å². The van der Waals surface area contributed by atoms with Crippen molar-refractivity contribution in [2.75, 3.05) is 0 Å². The van der Waals surface area contributed by atoms with Crippen LogP contribution in [-0.4, -0.2) is 0 Å². The summed E-state index contributed by atoms with van der Waals surface area (Å²) < 4.78 is 0. The second-order valence-corrected chi connectivity index (χ2v) is 6.26. The fourth-order valence-corrected chi connectivity index (χ4v) is 3.67.